The van der Waals surface area contributed by atoms with Crippen molar-refractivity contribution in [2.75, 3.05) is 18.0 Å². The van der Waals surface area contributed by atoms with E-state index in [4.69, 9.17) is 5.14 Å². The molecule has 0 bridgehead atoms. The maximum absolute atomic E-state index is 11.4. The fourth-order valence-electron chi connectivity index (χ4n) is 2.90. The SMILES string of the molecule is NS(=O)(=O)c1ccc(N2CC=C(c3ccccc3)CC2)c([N+](=O)[O-])c1. The van der Waals surface area contributed by atoms with Gasteiger partial charge in [0.15, 0.2) is 0 Å². The van der Waals surface area contributed by atoms with Gasteiger partial charge in [0, 0.05) is 19.2 Å². The minimum absolute atomic E-state index is 0.261. The van der Waals surface area contributed by atoms with E-state index in [-0.39, 0.29) is 10.6 Å². The molecule has 0 radical (unpaired) electrons. The van der Waals surface area contributed by atoms with Gasteiger partial charge in [0.1, 0.15) is 5.69 Å². The largest absolute Gasteiger partial charge is 0.362 e. The summed E-state index contributed by atoms with van der Waals surface area (Å²) in [6.07, 6.45) is 2.79. The van der Waals surface area contributed by atoms with Crippen molar-refractivity contribution in [3.8, 4) is 0 Å². The molecule has 1 aliphatic heterocycles. The predicted molar refractivity (Wildman–Crippen MR) is 95.7 cm³/mol. The molecule has 130 valence electrons. The van der Waals surface area contributed by atoms with Gasteiger partial charge >= 0.3 is 0 Å². The second kappa shape index (κ2) is 6.66. The molecular weight excluding hydrogens is 342 g/mol. The summed E-state index contributed by atoms with van der Waals surface area (Å²) < 4.78 is 22.9. The van der Waals surface area contributed by atoms with Crippen molar-refractivity contribution in [2.45, 2.75) is 11.3 Å². The lowest BCUT2D eigenvalue weighted by atomic mass is 9.99. The maximum atomic E-state index is 11.4. The van der Waals surface area contributed by atoms with E-state index in [9.17, 15) is 18.5 Å². The van der Waals surface area contributed by atoms with Crippen LogP contribution in [0.4, 0.5) is 11.4 Å². The van der Waals surface area contributed by atoms with Crippen LogP contribution in [0, 0.1) is 10.1 Å². The highest BCUT2D eigenvalue weighted by Gasteiger charge is 2.24. The molecule has 3 rings (SSSR count). The highest BCUT2D eigenvalue weighted by atomic mass is 32.2. The smallest absolute Gasteiger partial charge is 0.293 e. The molecule has 25 heavy (non-hydrogen) atoms. The van der Waals surface area contributed by atoms with Crippen molar-refractivity contribution < 1.29 is 13.3 Å². The number of nitrogens with two attached hydrogens (primary N) is 1. The third kappa shape index (κ3) is 3.70. The summed E-state index contributed by atoms with van der Waals surface area (Å²) >= 11 is 0. The Morgan fingerprint density at radius 3 is 2.40 bits per heavy atom. The van der Waals surface area contributed by atoms with Crippen LogP contribution in [0.25, 0.3) is 5.57 Å². The van der Waals surface area contributed by atoms with Crippen molar-refractivity contribution in [1.29, 1.82) is 0 Å². The number of hydrogen-bond acceptors (Lipinski definition) is 5. The summed E-state index contributed by atoms with van der Waals surface area (Å²) in [6, 6.07) is 13.7. The molecule has 0 saturated heterocycles. The first-order chi connectivity index (χ1) is 11.9. The van der Waals surface area contributed by atoms with Gasteiger partial charge < -0.3 is 4.90 Å². The molecule has 0 aliphatic carbocycles. The molecule has 2 aromatic carbocycles. The van der Waals surface area contributed by atoms with Crippen molar-refractivity contribution in [3.63, 3.8) is 0 Å². The summed E-state index contributed by atoms with van der Waals surface area (Å²) in [6.45, 7) is 1.12. The fraction of sp³-hybridized carbons (Fsp3) is 0.176. The van der Waals surface area contributed by atoms with Crippen LogP contribution in [0.15, 0.2) is 59.5 Å². The van der Waals surface area contributed by atoms with E-state index in [1.165, 1.54) is 17.7 Å². The van der Waals surface area contributed by atoms with Crippen LogP contribution in [0.5, 0.6) is 0 Å². The molecule has 0 aromatic heterocycles. The van der Waals surface area contributed by atoms with Gasteiger partial charge in [0.25, 0.3) is 5.69 Å². The Bertz CT molecular complexity index is 940. The normalized spacial score (nSPS) is 14.9. The highest BCUT2D eigenvalue weighted by molar-refractivity contribution is 7.89. The number of anilines is 1. The highest BCUT2D eigenvalue weighted by Crippen LogP contribution is 2.33. The first-order valence-electron chi connectivity index (χ1n) is 7.67. The number of benzene rings is 2. The lowest BCUT2D eigenvalue weighted by Crippen LogP contribution is -2.29. The number of nitrogens with zero attached hydrogens (tertiary/aromatic N) is 2. The molecule has 0 spiro atoms. The molecule has 1 heterocycles. The Kier molecular flexibility index (Phi) is 4.56. The third-order valence-electron chi connectivity index (χ3n) is 4.17. The Hall–Kier alpha value is -2.71. The average molecular weight is 359 g/mol. The van der Waals surface area contributed by atoms with E-state index < -0.39 is 14.9 Å². The van der Waals surface area contributed by atoms with Gasteiger partial charge in [-0.2, -0.15) is 0 Å². The van der Waals surface area contributed by atoms with Crippen molar-refractivity contribution in [3.05, 3.63) is 70.3 Å². The predicted octanol–water partition coefficient (Wildman–Crippen LogP) is 2.54. The number of hydrogen-bond donors (Lipinski definition) is 1. The Labute approximate surface area is 145 Å². The van der Waals surface area contributed by atoms with Gasteiger partial charge in [-0.15, -0.1) is 0 Å². The summed E-state index contributed by atoms with van der Waals surface area (Å²) in [7, 11) is -3.99. The lowest BCUT2D eigenvalue weighted by Gasteiger charge is -2.28. The molecule has 2 N–H and O–H groups in total. The quantitative estimate of drug-likeness (QED) is 0.667. The molecule has 7 nitrogen and oxygen atoms in total. The van der Waals surface area contributed by atoms with E-state index >= 15 is 0 Å². The summed E-state index contributed by atoms with van der Waals surface area (Å²) in [4.78, 5) is 12.4. The van der Waals surface area contributed by atoms with Gasteiger partial charge in [0.05, 0.1) is 9.82 Å². The van der Waals surface area contributed by atoms with Crippen LogP contribution in [0.3, 0.4) is 0 Å². The Morgan fingerprint density at radius 2 is 1.84 bits per heavy atom. The van der Waals surface area contributed by atoms with Crippen LogP contribution >= 0.6 is 0 Å². The number of sulfonamides is 1. The van der Waals surface area contributed by atoms with Crippen LogP contribution < -0.4 is 10.0 Å². The minimum atomic E-state index is -3.99. The van der Waals surface area contributed by atoms with Gasteiger partial charge in [-0.05, 0) is 29.7 Å². The second-order valence-corrected chi connectivity index (χ2v) is 7.31. The van der Waals surface area contributed by atoms with E-state index in [2.05, 4.69) is 0 Å². The maximum Gasteiger partial charge on any atom is 0.293 e. The number of nitro groups is 1. The Balaban J connectivity index is 1.91. The van der Waals surface area contributed by atoms with Gasteiger partial charge in [-0.1, -0.05) is 36.4 Å². The summed E-state index contributed by atoms with van der Waals surface area (Å²) in [5.41, 5.74) is 2.46. The van der Waals surface area contributed by atoms with Gasteiger partial charge in [-0.25, -0.2) is 13.6 Å². The van der Waals surface area contributed by atoms with E-state index in [1.807, 2.05) is 41.3 Å². The zero-order chi connectivity index (χ0) is 18.0. The van der Waals surface area contributed by atoms with Gasteiger partial charge in [0.2, 0.25) is 10.0 Å². The monoisotopic (exact) mass is 359 g/mol. The van der Waals surface area contributed by atoms with Crippen LogP contribution in [-0.4, -0.2) is 26.4 Å². The number of primary sulfonamides is 1. The zero-order valence-corrected chi connectivity index (χ0v) is 14.1. The molecule has 8 heteroatoms. The molecule has 0 unspecified atom stereocenters. The molecule has 1 aliphatic rings. The standard InChI is InChI=1S/C17H17N3O4S/c18-25(23,24)15-6-7-16(17(12-15)20(21)22)19-10-8-14(9-11-19)13-4-2-1-3-5-13/h1-8,12H,9-11H2,(H2,18,23,24). The second-order valence-electron chi connectivity index (χ2n) is 5.74. The van der Waals surface area contributed by atoms with Crippen LogP contribution in [-0.2, 0) is 10.0 Å². The van der Waals surface area contributed by atoms with E-state index in [1.54, 1.807) is 0 Å². The number of nitro benzene ring substituents is 1. The van der Waals surface area contributed by atoms with Gasteiger partial charge in [-0.3, -0.25) is 10.1 Å². The molecule has 0 amide bonds. The molecular formula is C17H17N3O4S. The topological polar surface area (TPSA) is 107 Å². The van der Waals surface area contributed by atoms with Crippen molar-refractivity contribution in [2.24, 2.45) is 5.14 Å². The first-order valence-corrected chi connectivity index (χ1v) is 9.21. The molecule has 0 saturated carbocycles. The lowest BCUT2D eigenvalue weighted by molar-refractivity contribution is -0.384. The number of rotatable bonds is 4. The Morgan fingerprint density at radius 1 is 1.12 bits per heavy atom. The zero-order valence-electron chi connectivity index (χ0n) is 13.3. The first kappa shape index (κ1) is 17.1. The molecule has 0 atom stereocenters. The molecule has 0 fully saturated rings. The van der Waals surface area contributed by atoms with Crippen molar-refractivity contribution >= 4 is 27.0 Å². The van der Waals surface area contributed by atoms with E-state index in [0.29, 0.717) is 18.8 Å². The summed E-state index contributed by atoms with van der Waals surface area (Å²) in [5.74, 6) is 0. The van der Waals surface area contributed by atoms with Crippen LogP contribution in [0.2, 0.25) is 0 Å². The summed E-state index contributed by atoms with van der Waals surface area (Å²) in [5, 5.41) is 16.4. The van der Waals surface area contributed by atoms with Crippen molar-refractivity contribution in [1.82, 2.24) is 0 Å². The fourth-order valence-corrected chi connectivity index (χ4v) is 3.43. The molecule has 2 aromatic rings. The minimum Gasteiger partial charge on any atom is -0.362 e. The van der Waals surface area contributed by atoms with E-state index in [0.717, 1.165) is 18.1 Å². The van der Waals surface area contributed by atoms with Crippen LogP contribution in [0.1, 0.15) is 12.0 Å². The third-order valence-corrected chi connectivity index (χ3v) is 5.08. The average Bonchev–Trinajstić information content (AvgIpc) is 2.61.